The molecule has 24 heavy (non-hydrogen) atoms. The maximum atomic E-state index is 11.5. The Balaban J connectivity index is 1.90. The molecule has 0 saturated carbocycles. The van der Waals surface area contributed by atoms with Gasteiger partial charge in [0.2, 0.25) is 0 Å². The molecule has 1 heterocycles. The Labute approximate surface area is 140 Å². The fourth-order valence-electron chi connectivity index (χ4n) is 2.40. The number of rotatable bonds is 7. The van der Waals surface area contributed by atoms with Gasteiger partial charge in [0.15, 0.2) is 0 Å². The van der Waals surface area contributed by atoms with Crippen LogP contribution >= 0.6 is 0 Å². The van der Waals surface area contributed by atoms with Crippen molar-refractivity contribution in [3.8, 4) is 5.75 Å². The van der Waals surface area contributed by atoms with Gasteiger partial charge in [0.1, 0.15) is 23.7 Å². The van der Waals surface area contributed by atoms with E-state index in [0.29, 0.717) is 31.0 Å². The lowest BCUT2D eigenvalue weighted by Gasteiger charge is -2.12. The number of carbonyl (C=O) groups excluding carboxylic acids is 1. The van der Waals surface area contributed by atoms with Gasteiger partial charge < -0.3 is 10.1 Å². The summed E-state index contributed by atoms with van der Waals surface area (Å²) >= 11 is 0. The van der Waals surface area contributed by atoms with Gasteiger partial charge in [0, 0.05) is 18.5 Å². The number of hydrogen-bond acceptors (Lipinski definition) is 5. The molecule has 1 aromatic heterocycles. The van der Waals surface area contributed by atoms with E-state index in [2.05, 4.69) is 15.3 Å². The topological polar surface area (TPSA) is 64.1 Å². The molecule has 1 N–H and O–H groups in total. The average Bonchev–Trinajstić information content (AvgIpc) is 2.62. The normalized spacial score (nSPS) is 10.5. The van der Waals surface area contributed by atoms with Gasteiger partial charge in [-0.3, -0.25) is 4.79 Å². The SMILES string of the molecule is CCC(=O)CCOc1cccc2ncnc(Nc3ccccc3)c12. The molecule has 0 saturated heterocycles. The van der Waals surface area contributed by atoms with Gasteiger partial charge in [0.25, 0.3) is 0 Å². The Hall–Kier alpha value is -2.95. The molecule has 2 aromatic carbocycles. The van der Waals surface area contributed by atoms with Crippen molar-refractivity contribution in [2.75, 3.05) is 11.9 Å². The number of Topliss-reactive ketones (excluding diaryl/α,β-unsaturated/α-hetero) is 1. The molecule has 0 atom stereocenters. The number of nitrogens with one attached hydrogen (secondary N) is 1. The maximum absolute atomic E-state index is 11.5. The number of ether oxygens (including phenoxy) is 1. The fourth-order valence-corrected chi connectivity index (χ4v) is 2.40. The number of anilines is 2. The molecule has 0 unspecified atom stereocenters. The summed E-state index contributed by atoms with van der Waals surface area (Å²) in [5, 5.41) is 4.11. The summed E-state index contributed by atoms with van der Waals surface area (Å²) in [7, 11) is 0. The van der Waals surface area contributed by atoms with E-state index in [1.807, 2.05) is 55.5 Å². The number of nitrogens with zero attached hydrogens (tertiary/aromatic N) is 2. The Bertz CT molecular complexity index is 829. The second-order valence-electron chi connectivity index (χ2n) is 5.35. The zero-order valence-electron chi connectivity index (χ0n) is 13.5. The predicted octanol–water partition coefficient (Wildman–Crippen LogP) is 4.12. The Morgan fingerprint density at radius 2 is 1.92 bits per heavy atom. The van der Waals surface area contributed by atoms with Crippen molar-refractivity contribution < 1.29 is 9.53 Å². The molecule has 3 aromatic rings. The molecule has 122 valence electrons. The highest BCUT2D eigenvalue weighted by atomic mass is 16.5. The molecule has 0 radical (unpaired) electrons. The summed E-state index contributed by atoms with van der Waals surface area (Å²) in [6.45, 7) is 2.21. The van der Waals surface area contributed by atoms with Gasteiger partial charge in [-0.1, -0.05) is 31.2 Å². The van der Waals surface area contributed by atoms with E-state index in [1.54, 1.807) is 0 Å². The lowest BCUT2D eigenvalue weighted by molar-refractivity contribution is -0.119. The molecule has 5 nitrogen and oxygen atoms in total. The van der Waals surface area contributed by atoms with Crippen LogP contribution in [0.2, 0.25) is 0 Å². The lowest BCUT2D eigenvalue weighted by atomic mass is 10.2. The summed E-state index contributed by atoms with van der Waals surface area (Å²) in [5.74, 6) is 1.55. The monoisotopic (exact) mass is 321 g/mol. The minimum atomic E-state index is 0.189. The molecule has 0 aliphatic rings. The van der Waals surface area contributed by atoms with Crippen LogP contribution < -0.4 is 10.1 Å². The minimum absolute atomic E-state index is 0.189. The maximum Gasteiger partial charge on any atom is 0.145 e. The summed E-state index contributed by atoms with van der Waals surface area (Å²) in [4.78, 5) is 20.1. The van der Waals surface area contributed by atoms with Crippen LogP contribution in [0.15, 0.2) is 54.9 Å². The highest BCUT2D eigenvalue weighted by Crippen LogP contribution is 2.31. The second kappa shape index (κ2) is 7.55. The number of carbonyl (C=O) groups is 1. The largest absolute Gasteiger partial charge is 0.492 e. The van der Waals surface area contributed by atoms with Crippen molar-refractivity contribution in [2.24, 2.45) is 0 Å². The molecule has 3 rings (SSSR count). The van der Waals surface area contributed by atoms with Crippen LogP contribution in [0.25, 0.3) is 10.9 Å². The molecule has 5 heteroatoms. The third-order valence-corrected chi connectivity index (χ3v) is 3.69. The number of aromatic nitrogens is 2. The smallest absolute Gasteiger partial charge is 0.145 e. The van der Waals surface area contributed by atoms with Crippen molar-refractivity contribution >= 4 is 28.2 Å². The molecular formula is C19H19N3O2. The Morgan fingerprint density at radius 3 is 2.71 bits per heavy atom. The summed E-state index contributed by atoms with van der Waals surface area (Å²) in [5.41, 5.74) is 1.73. The van der Waals surface area contributed by atoms with Crippen LogP contribution in [0.4, 0.5) is 11.5 Å². The third-order valence-electron chi connectivity index (χ3n) is 3.69. The zero-order chi connectivity index (χ0) is 16.8. The van der Waals surface area contributed by atoms with E-state index < -0.39 is 0 Å². The average molecular weight is 321 g/mol. The van der Waals surface area contributed by atoms with Gasteiger partial charge in [-0.2, -0.15) is 0 Å². The first-order chi connectivity index (χ1) is 11.8. The van der Waals surface area contributed by atoms with Crippen LogP contribution in [0.3, 0.4) is 0 Å². The predicted molar refractivity (Wildman–Crippen MR) is 94.7 cm³/mol. The van der Waals surface area contributed by atoms with Gasteiger partial charge in [-0.15, -0.1) is 0 Å². The first kappa shape index (κ1) is 15.9. The lowest BCUT2D eigenvalue weighted by Crippen LogP contribution is -2.06. The van der Waals surface area contributed by atoms with Crippen molar-refractivity contribution in [1.29, 1.82) is 0 Å². The zero-order valence-corrected chi connectivity index (χ0v) is 13.5. The fraction of sp³-hybridized carbons (Fsp3) is 0.211. The Morgan fingerprint density at radius 1 is 1.08 bits per heavy atom. The van der Waals surface area contributed by atoms with Crippen LogP contribution in [0, 0.1) is 0 Å². The van der Waals surface area contributed by atoms with Crippen LogP contribution in [-0.2, 0) is 4.79 Å². The standard InChI is InChI=1S/C19H19N3O2/c1-2-15(23)11-12-24-17-10-6-9-16-18(17)19(21-13-20-16)22-14-7-4-3-5-8-14/h3-10,13H,2,11-12H2,1H3,(H,20,21,22). The summed E-state index contributed by atoms with van der Waals surface area (Å²) in [6, 6.07) is 15.5. The van der Waals surface area contributed by atoms with Gasteiger partial charge in [0.05, 0.1) is 17.5 Å². The molecular weight excluding hydrogens is 302 g/mol. The van der Waals surface area contributed by atoms with Crippen molar-refractivity contribution in [2.45, 2.75) is 19.8 Å². The number of para-hydroxylation sites is 1. The highest BCUT2D eigenvalue weighted by Gasteiger charge is 2.11. The highest BCUT2D eigenvalue weighted by molar-refractivity contribution is 5.95. The van der Waals surface area contributed by atoms with Crippen molar-refractivity contribution in [1.82, 2.24) is 9.97 Å². The molecule has 0 amide bonds. The van der Waals surface area contributed by atoms with E-state index in [-0.39, 0.29) is 5.78 Å². The second-order valence-corrected chi connectivity index (χ2v) is 5.35. The van der Waals surface area contributed by atoms with Gasteiger partial charge in [-0.05, 0) is 24.3 Å². The quantitative estimate of drug-likeness (QED) is 0.709. The number of hydrogen-bond donors (Lipinski definition) is 1. The van der Waals surface area contributed by atoms with E-state index in [0.717, 1.165) is 16.6 Å². The van der Waals surface area contributed by atoms with E-state index >= 15 is 0 Å². The summed E-state index contributed by atoms with van der Waals surface area (Å²) in [6.07, 6.45) is 2.46. The van der Waals surface area contributed by atoms with E-state index in [4.69, 9.17) is 4.74 Å². The first-order valence-electron chi connectivity index (χ1n) is 7.98. The molecule has 0 aliphatic carbocycles. The molecule has 0 spiro atoms. The summed E-state index contributed by atoms with van der Waals surface area (Å²) < 4.78 is 5.83. The van der Waals surface area contributed by atoms with Gasteiger partial charge >= 0.3 is 0 Å². The number of fused-ring (bicyclic) bond motifs is 1. The van der Waals surface area contributed by atoms with Crippen molar-refractivity contribution in [3.63, 3.8) is 0 Å². The molecule has 0 fully saturated rings. The number of ketones is 1. The van der Waals surface area contributed by atoms with Crippen LogP contribution in [-0.4, -0.2) is 22.4 Å². The third kappa shape index (κ3) is 3.68. The van der Waals surface area contributed by atoms with Crippen LogP contribution in [0.5, 0.6) is 5.75 Å². The first-order valence-corrected chi connectivity index (χ1v) is 7.98. The van der Waals surface area contributed by atoms with E-state index in [1.165, 1.54) is 6.33 Å². The van der Waals surface area contributed by atoms with E-state index in [9.17, 15) is 4.79 Å². The Kier molecular flexibility index (Phi) is 5.01. The number of benzene rings is 2. The molecule has 0 aliphatic heterocycles. The van der Waals surface area contributed by atoms with Crippen molar-refractivity contribution in [3.05, 3.63) is 54.9 Å². The van der Waals surface area contributed by atoms with Gasteiger partial charge in [-0.25, -0.2) is 9.97 Å². The van der Waals surface area contributed by atoms with Crippen LogP contribution in [0.1, 0.15) is 19.8 Å². The minimum Gasteiger partial charge on any atom is -0.492 e. The molecule has 0 bridgehead atoms.